The molecule has 0 aliphatic carbocycles. The molecule has 9 heteroatoms. The number of nitrogens with one attached hydrogen (secondary N) is 1. The van der Waals surface area contributed by atoms with Crippen LogP contribution in [0.3, 0.4) is 0 Å². The maximum absolute atomic E-state index is 13.7. The molecule has 0 saturated heterocycles. The zero-order valence-corrected chi connectivity index (χ0v) is 16.8. The van der Waals surface area contributed by atoms with E-state index < -0.39 is 17.5 Å². The van der Waals surface area contributed by atoms with Gasteiger partial charge in [0, 0.05) is 35.9 Å². The Morgan fingerprint density at radius 1 is 1.17 bits per heavy atom. The van der Waals surface area contributed by atoms with Crippen molar-refractivity contribution in [3.05, 3.63) is 69.1 Å². The van der Waals surface area contributed by atoms with Gasteiger partial charge in [0.15, 0.2) is 0 Å². The standard InChI is InChI=1S/C20H15BrF2N4O2/c1-26-19-13-4-2-11(21)8-17(13)27(20(29)14(19)10-24-26)7-6-18(28)25-16-5-3-12(22)9-15(16)23/h2-5,8-10H,6-7H2,1H3,(H,25,28). The van der Waals surface area contributed by atoms with Crippen LogP contribution in [0.15, 0.2) is 51.9 Å². The van der Waals surface area contributed by atoms with Gasteiger partial charge in [0.1, 0.15) is 11.6 Å². The lowest BCUT2D eigenvalue weighted by molar-refractivity contribution is -0.116. The van der Waals surface area contributed by atoms with Gasteiger partial charge in [-0.15, -0.1) is 0 Å². The van der Waals surface area contributed by atoms with E-state index in [-0.39, 0.29) is 24.2 Å². The van der Waals surface area contributed by atoms with E-state index in [0.717, 1.165) is 22.0 Å². The lowest BCUT2D eigenvalue weighted by atomic mass is 10.1. The van der Waals surface area contributed by atoms with E-state index in [0.29, 0.717) is 22.5 Å². The summed E-state index contributed by atoms with van der Waals surface area (Å²) in [5, 5.41) is 7.86. The molecule has 1 amide bonds. The number of fused-ring (bicyclic) bond motifs is 3. The highest BCUT2D eigenvalue weighted by atomic mass is 79.9. The molecular weight excluding hydrogens is 446 g/mol. The van der Waals surface area contributed by atoms with E-state index in [9.17, 15) is 18.4 Å². The monoisotopic (exact) mass is 460 g/mol. The van der Waals surface area contributed by atoms with Gasteiger partial charge in [-0.2, -0.15) is 5.10 Å². The van der Waals surface area contributed by atoms with Crippen LogP contribution in [0.5, 0.6) is 0 Å². The van der Waals surface area contributed by atoms with Crippen molar-refractivity contribution in [3.63, 3.8) is 0 Å². The van der Waals surface area contributed by atoms with Gasteiger partial charge in [0.25, 0.3) is 5.56 Å². The topological polar surface area (TPSA) is 68.9 Å². The molecule has 0 atom stereocenters. The third-order valence-corrected chi connectivity index (χ3v) is 5.18. The number of hydrogen-bond donors (Lipinski definition) is 1. The molecule has 4 aromatic rings. The summed E-state index contributed by atoms with van der Waals surface area (Å²) >= 11 is 3.41. The molecule has 0 spiro atoms. The first-order chi connectivity index (χ1) is 13.8. The predicted octanol–water partition coefficient (Wildman–Crippen LogP) is 3.96. The van der Waals surface area contributed by atoms with Crippen LogP contribution in [0, 0.1) is 11.6 Å². The molecule has 29 heavy (non-hydrogen) atoms. The van der Waals surface area contributed by atoms with Crippen molar-refractivity contribution in [2.75, 3.05) is 5.32 Å². The largest absolute Gasteiger partial charge is 0.324 e. The molecule has 148 valence electrons. The third kappa shape index (κ3) is 3.53. The number of nitrogens with zero attached hydrogens (tertiary/aromatic N) is 3. The van der Waals surface area contributed by atoms with E-state index >= 15 is 0 Å². The Kier molecular flexibility index (Phi) is 4.91. The first-order valence-electron chi connectivity index (χ1n) is 8.74. The molecule has 1 N–H and O–H groups in total. The van der Waals surface area contributed by atoms with Gasteiger partial charge in [-0.3, -0.25) is 14.3 Å². The number of anilines is 1. The molecule has 2 aromatic carbocycles. The van der Waals surface area contributed by atoms with Crippen LogP contribution in [0.2, 0.25) is 0 Å². The summed E-state index contributed by atoms with van der Waals surface area (Å²) in [6.07, 6.45) is 1.44. The second-order valence-corrected chi connectivity index (χ2v) is 7.49. The highest BCUT2D eigenvalue weighted by Gasteiger charge is 2.16. The summed E-state index contributed by atoms with van der Waals surface area (Å²) in [6, 6.07) is 8.47. The molecule has 2 aromatic heterocycles. The number of aromatic nitrogens is 3. The Hall–Kier alpha value is -3.07. The fourth-order valence-corrected chi connectivity index (χ4v) is 3.68. The minimum Gasteiger partial charge on any atom is -0.324 e. The van der Waals surface area contributed by atoms with Crippen LogP contribution in [0.25, 0.3) is 21.8 Å². The zero-order valence-electron chi connectivity index (χ0n) is 15.2. The number of amides is 1. The van der Waals surface area contributed by atoms with Gasteiger partial charge in [0.05, 0.1) is 28.3 Å². The van der Waals surface area contributed by atoms with Crippen LogP contribution < -0.4 is 10.9 Å². The molecule has 0 fully saturated rings. The minimum absolute atomic E-state index is 0.0654. The van der Waals surface area contributed by atoms with E-state index in [1.165, 1.54) is 10.8 Å². The molecule has 0 bridgehead atoms. The van der Waals surface area contributed by atoms with Crippen molar-refractivity contribution >= 4 is 49.3 Å². The lowest BCUT2D eigenvalue weighted by Crippen LogP contribution is -2.24. The van der Waals surface area contributed by atoms with Crippen LogP contribution >= 0.6 is 15.9 Å². The maximum Gasteiger partial charge on any atom is 0.262 e. The second kappa shape index (κ2) is 7.40. The van der Waals surface area contributed by atoms with Crippen molar-refractivity contribution in [1.82, 2.24) is 14.3 Å². The molecule has 4 rings (SSSR count). The summed E-state index contributed by atoms with van der Waals surface area (Å²) in [6.45, 7) is 0.0886. The molecule has 0 unspecified atom stereocenters. The Bertz CT molecular complexity index is 1330. The number of benzene rings is 2. The van der Waals surface area contributed by atoms with Gasteiger partial charge in [-0.05, 0) is 30.3 Å². The van der Waals surface area contributed by atoms with Gasteiger partial charge in [-0.25, -0.2) is 8.78 Å². The Morgan fingerprint density at radius 2 is 1.97 bits per heavy atom. The van der Waals surface area contributed by atoms with Crippen molar-refractivity contribution in [2.45, 2.75) is 13.0 Å². The normalized spacial score (nSPS) is 11.3. The summed E-state index contributed by atoms with van der Waals surface area (Å²) < 4.78 is 30.7. The van der Waals surface area contributed by atoms with Crippen LogP contribution in [-0.2, 0) is 18.4 Å². The summed E-state index contributed by atoms with van der Waals surface area (Å²) in [5.41, 5.74) is 0.992. The molecule has 0 aliphatic heterocycles. The van der Waals surface area contributed by atoms with Crippen molar-refractivity contribution < 1.29 is 13.6 Å². The molecule has 0 saturated carbocycles. The van der Waals surface area contributed by atoms with Crippen molar-refractivity contribution in [2.24, 2.45) is 7.05 Å². The average molecular weight is 461 g/mol. The highest BCUT2D eigenvalue weighted by molar-refractivity contribution is 9.10. The lowest BCUT2D eigenvalue weighted by Gasteiger charge is -2.13. The van der Waals surface area contributed by atoms with Gasteiger partial charge in [-0.1, -0.05) is 15.9 Å². The number of carbonyl (C=O) groups is 1. The minimum atomic E-state index is -0.860. The summed E-state index contributed by atoms with van der Waals surface area (Å²) in [7, 11) is 1.76. The second-order valence-electron chi connectivity index (χ2n) is 6.57. The fourth-order valence-electron chi connectivity index (χ4n) is 3.34. The maximum atomic E-state index is 13.7. The number of carbonyl (C=O) groups excluding carboxylic acids is 1. The van der Waals surface area contributed by atoms with E-state index in [4.69, 9.17) is 0 Å². The smallest absolute Gasteiger partial charge is 0.262 e. The molecule has 6 nitrogen and oxygen atoms in total. The van der Waals surface area contributed by atoms with E-state index in [2.05, 4.69) is 26.3 Å². The zero-order chi connectivity index (χ0) is 20.7. The van der Waals surface area contributed by atoms with E-state index in [1.807, 2.05) is 12.1 Å². The SMILES string of the molecule is Cn1ncc2c(=O)n(CCC(=O)Nc3ccc(F)cc3F)c3cc(Br)ccc3c21. The number of halogens is 3. The van der Waals surface area contributed by atoms with Crippen molar-refractivity contribution in [3.8, 4) is 0 Å². The van der Waals surface area contributed by atoms with Gasteiger partial charge < -0.3 is 9.88 Å². The number of hydrogen-bond acceptors (Lipinski definition) is 3. The Morgan fingerprint density at radius 3 is 2.72 bits per heavy atom. The summed E-state index contributed by atoms with van der Waals surface area (Å²) in [4.78, 5) is 25.3. The van der Waals surface area contributed by atoms with Crippen LogP contribution in [0.1, 0.15) is 6.42 Å². The number of aryl methyl sites for hydroxylation is 2. The van der Waals surface area contributed by atoms with Crippen LogP contribution in [-0.4, -0.2) is 20.3 Å². The Balaban J connectivity index is 1.68. The van der Waals surface area contributed by atoms with Crippen LogP contribution in [0.4, 0.5) is 14.5 Å². The fraction of sp³-hybridized carbons (Fsp3) is 0.150. The van der Waals surface area contributed by atoms with Gasteiger partial charge in [0.2, 0.25) is 5.91 Å². The third-order valence-electron chi connectivity index (χ3n) is 4.69. The predicted molar refractivity (Wildman–Crippen MR) is 110 cm³/mol. The molecule has 0 radical (unpaired) electrons. The first-order valence-corrected chi connectivity index (χ1v) is 9.53. The quantitative estimate of drug-likeness (QED) is 0.501. The van der Waals surface area contributed by atoms with Crippen molar-refractivity contribution in [1.29, 1.82) is 0 Å². The Labute approximate surface area is 171 Å². The molecule has 0 aliphatic rings. The van der Waals surface area contributed by atoms with E-state index in [1.54, 1.807) is 17.8 Å². The first kappa shape index (κ1) is 19.3. The average Bonchev–Trinajstić information content (AvgIpc) is 3.06. The highest BCUT2D eigenvalue weighted by Crippen LogP contribution is 2.25. The molecule has 2 heterocycles. The number of rotatable bonds is 4. The summed E-state index contributed by atoms with van der Waals surface area (Å²) in [5.74, 6) is -2.08. The molecular formula is C20H15BrF2N4O2. The van der Waals surface area contributed by atoms with Gasteiger partial charge >= 0.3 is 0 Å². The number of pyridine rings is 1.